The van der Waals surface area contributed by atoms with Crippen LogP contribution in [0.15, 0.2) is 42.5 Å². The molecule has 2 nitrogen and oxygen atoms in total. The van der Waals surface area contributed by atoms with Crippen molar-refractivity contribution in [1.29, 1.82) is 0 Å². The molecule has 0 aromatic heterocycles. The highest BCUT2D eigenvalue weighted by molar-refractivity contribution is 5.85. The topological polar surface area (TPSA) is 23.5 Å². The monoisotopic (exact) mass is 297 g/mol. The number of halogens is 3. The van der Waals surface area contributed by atoms with E-state index < -0.39 is 12.7 Å². The number of nitrogens with zero attached hydrogens (tertiary/aromatic N) is 1. The highest BCUT2D eigenvalue weighted by atomic mass is 19.4. The van der Waals surface area contributed by atoms with Crippen LogP contribution in [0.5, 0.6) is 0 Å². The molecule has 0 heterocycles. The molecule has 0 saturated carbocycles. The molecule has 0 amide bonds. The number of aliphatic hydroxyl groups is 1. The zero-order valence-corrected chi connectivity index (χ0v) is 11.6. The molecule has 0 aliphatic heterocycles. The smallest absolute Gasteiger partial charge is 0.396 e. The van der Waals surface area contributed by atoms with Crippen molar-refractivity contribution in [2.75, 3.05) is 19.7 Å². The summed E-state index contributed by atoms with van der Waals surface area (Å²) in [5, 5.41) is 10.8. The Morgan fingerprint density at radius 3 is 2.43 bits per heavy atom. The first-order chi connectivity index (χ1) is 9.99. The maximum Gasteiger partial charge on any atom is 0.401 e. The summed E-state index contributed by atoms with van der Waals surface area (Å²) in [7, 11) is 0. The van der Waals surface area contributed by atoms with E-state index in [0.717, 1.165) is 16.3 Å². The van der Waals surface area contributed by atoms with Crippen LogP contribution in [-0.4, -0.2) is 35.9 Å². The van der Waals surface area contributed by atoms with E-state index in [0.29, 0.717) is 6.42 Å². The van der Waals surface area contributed by atoms with Gasteiger partial charge in [0.2, 0.25) is 0 Å². The van der Waals surface area contributed by atoms with Gasteiger partial charge in [-0.15, -0.1) is 0 Å². The first kappa shape index (κ1) is 15.8. The molecule has 2 aromatic carbocycles. The van der Waals surface area contributed by atoms with Crippen molar-refractivity contribution in [3.05, 3.63) is 48.0 Å². The van der Waals surface area contributed by atoms with Crippen molar-refractivity contribution >= 4 is 10.8 Å². The van der Waals surface area contributed by atoms with Crippen molar-refractivity contribution in [3.8, 4) is 0 Å². The van der Waals surface area contributed by atoms with Crippen molar-refractivity contribution < 1.29 is 18.3 Å². The van der Waals surface area contributed by atoms with Crippen LogP contribution in [0, 0.1) is 0 Å². The van der Waals surface area contributed by atoms with Crippen molar-refractivity contribution in [2.45, 2.75) is 19.1 Å². The van der Waals surface area contributed by atoms with Crippen LogP contribution in [0.2, 0.25) is 0 Å². The summed E-state index contributed by atoms with van der Waals surface area (Å²) in [6.07, 6.45) is -3.90. The number of fused-ring (bicyclic) bond motifs is 1. The Kier molecular flexibility index (Phi) is 5.20. The zero-order valence-electron chi connectivity index (χ0n) is 11.6. The Morgan fingerprint density at radius 2 is 1.71 bits per heavy atom. The number of rotatable bonds is 6. The third-order valence-corrected chi connectivity index (χ3v) is 3.31. The lowest BCUT2D eigenvalue weighted by atomic mass is 10.0. The van der Waals surface area contributed by atoms with Crippen LogP contribution in [0.1, 0.15) is 12.0 Å². The molecule has 2 aromatic rings. The molecule has 0 fully saturated rings. The summed E-state index contributed by atoms with van der Waals surface area (Å²) in [5.74, 6) is 0. The number of alkyl halides is 3. The molecule has 0 aliphatic rings. The molecule has 114 valence electrons. The molecule has 2 rings (SSSR count). The second-order valence-corrected chi connectivity index (χ2v) is 5.04. The molecule has 5 heteroatoms. The molecular weight excluding hydrogens is 279 g/mol. The van der Waals surface area contributed by atoms with E-state index in [1.165, 1.54) is 4.90 Å². The molecule has 21 heavy (non-hydrogen) atoms. The van der Waals surface area contributed by atoms with Gasteiger partial charge in [-0.1, -0.05) is 42.5 Å². The molecule has 0 bridgehead atoms. The lowest BCUT2D eigenvalue weighted by molar-refractivity contribution is -0.147. The van der Waals surface area contributed by atoms with Crippen LogP contribution in [0.25, 0.3) is 10.8 Å². The van der Waals surface area contributed by atoms with E-state index >= 15 is 0 Å². The van der Waals surface area contributed by atoms with Gasteiger partial charge in [-0.3, -0.25) is 4.90 Å². The lowest BCUT2D eigenvalue weighted by Crippen LogP contribution is -2.34. The predicted octanol–water partition coefficient (Wildman–Crippen LogP) is 3.59. The Bertz CT molecular complexity index is 578. The van der Waals surface area contributed by atoms with Gasteiger partial charge in [0, 0.05) is 19.7 Å². The number of aliphatic hydroxyl groups excluding tert-OH is 1. The van der Waals surface area contributed by atoms with Crippen molar-refractivity contribution in [3.63, 3.8) is 0 Å². The third-order valence-electron chi connectivity index (χ3n) is 3.31. The molecule has 0 spiro atoms. The highest BCUT2D eigenvalue weighted by Crippen LogP contribution is 2.22. The van der Waals surface area contributed by atoms with E-state index in [9.17, 15) is 13.2 Å². The van der Waals surface area contributed by atoms with Crippen LogP contribution in [0.3, 0.4) is 0 Å². The van der Waals surface area contributed by atoms with Crippen molar-refractivity contribution in [1.82, 2.24) is 4.90 Å². The fourth-order valence-electron chi connectivity index (χ4n) is 2.43. The molecule has 0 unspecified atom stereocenters. The van der Waals surface area contributed by atoms with Gasteiger partial charge in [0.25, 0.3) is 0 Å². The maximum atomic E-state index is 12.6. The van der Waals surface area contributed by atoms with E-state index in [2.05, 4.69) is 0 Å². The van der Waals surface area contributed by atoms with Crippen molar-refractivity contribution in [2.24, 2.45) is 0 Å². The fraction of sp³-hybridized carbons (Fsp3) is 0.375. The number of benzene rings is 2. The second-order valence-electron chi connectivity index (χ2n) is 5.04. The molecule has 0 radical (unpaired) electrons. The molecule has 0 atom stereocenters. The summed E-state index contributed by atoms with van der Waals surface area (Å²) in [4.78, 5) is 1.33. The minimum atomic E-state index is -4.24. The average Bonchev–Trinajstić information content (AvgIpc) is 2.43. The largest absolute Gasteiger partial charge is 0.401 e. The Morgan fingerprint density at radius 1 is 1.00 bits per heavy atom. The zero-order chi connectivity index (χ0) is 15.3. The predicted molar refractivity (Wildman–Crippen MR) is 77.0 cm³/mol. The van der Waals surface area contributed by atoms with Crippen LogP contribution in [-0.2, 0) is 6.54 Å². The highest BCUT2D eigenvalue weighted by Gasteiger charge is 2.30. The average molecular weight is 297 g/mol. The Hall–Kier alpha value is -1.59. The SMILES string of the molecule is OCCCN(Cc1cccc2ccccc12)CC(F)(F)F. The van der Waals surface area contributed by atoms with Gasteiger partial charge in [0.15, 0.2) is 0 Å². The maximum absolute atomic E-state index is 12.6. The van der Waals surface area contributed by atoms with Gasteiger partial charge < -0.3 is 5.11 Å². The quantitative estimate of drug-likeness (QED) is 0.881. The Labute approximate surface area is 121 Å². The minimum absolute atomic E-state index is 0.107. The van der Waals surface area contributed by atoms with Gasteiger partial charge >= 0.3 is 6.18 Å². The standard InChI is InChI=1S/C16H18F3NO/c17-16(18,19)12-20(9-4-10-21)11-14-7-3-6-13-5-1-2-8-15(13)14/h1-3,5-8,21H,4,9-12H2. The fourth-order valence-corrected chi connectivity index (χ4v) is 2.43. The summed E-state index contributed by atoms with van der Waals surface area (Å²) in [6.45, 7) is -0.625. The summed E-state index contributed by atoms with van der Waals surface area (Å²) in [6, 6.07) is 13.3. The van der Waals surface area contributed by atoms with Crippen LogP contribution in [0.4, 0.5) is 13.2 Å². The lowest BCUT2D eigenvalue weighted by Gasteiger charge is -2.24. The number of hydrogen-bond donors (Lipinski definition) is 1. The van der Waals surface area contributed by atoms with Crippen LogP contribution < -0.4 is 0 Å². The van der Waals surface area contributed by atoms with Crippen LogP contribution >= 0.6 is 0 Å². The first-order valence-corrected chi connectivity index (χ1v) is 6.86. The van der Waals surface area contributed by atoms with Gasteiger partial charge in [-0.05, 0) is 22.8 Å². The molecule has 0 aliphatic carbocycles. The first-order valence-electron chi connectivity index (χ1n) is 6.86. The van der Waals surface area contributed by atoms with E-state index in [1.54, 1.807) is 0 Å². The van der Waals surface area contributed by atoms with Gasteiger partial charge in [0.05, 0.1) is 6.54 Å². The summed E-state index contributed by atoms with van der Waals surface area (Å²) < 4.78 is 37.9. The van der Waals surface area contributed by atoms with Gasteiger partial charge in [-0.25, -0.2) is 0 Å². The normalized spacial score (nSPS) is 12.2. The number of hydrogen-bond acceptors (Lipinski definition) is 2. The van der Waals surface area contributed by atoms with E-state index in [4.69, 9.17) is 5.11 Å². The van der Waals surface area contributed by atoms with E-state index in [1.807, 2.05) is 42.5 Å². The summed E-state index contributed by atoms with van der Waals surface area (Å²) in [5.41, 5.74) is 0.871. The molecule has 1 N–H and O–H groups in total. The molecular formula is C16H18F3NO. The van der Waals surface area contributed by atoms with E-state index in [-0.39, 0.29) is 19.7 Å². The molecule has 0 saturated heterocycles. The summed E-state index contributed by atoms with van der Waals surface area (Å²) >= 11 is 0. The minimum Gasteiger partial charge on any atom is -0.396 e. The van der Waals surface area contributed by atoms with Gasteiger partial charge in [0.1, 0.15) is 0 Å². The van der Waals surface area contributed by atoms with Gasteiger partial charge in [-0.2, -0.15) is 13.2 Å². The third kappa shape index (κ3) is 4.72. The second kappa shape index (κ2) is 6.91. The Balaban J connectivity index is 2.21.